The number of anilines is 1. The molecule has 38 heavy (non-hydrogen) atoms. The maximum Gasteiger partial charge on any atom is 0.393 e. The minimum atomic E-state index is -4.26. The van der Waals surface area contributed by atoms with Crippen LogP contribution in [0.25, 0.3) is 10.9 Å². The summed E-state index contributed by atoms with van der Waals surface area (Å²) in [7, 11) is -3.20. The van der Waals surface area contributed by atoms with E-state index in [-0.39, 0.29) is 11.0 Å². The van der Waals surface area contributed by atoms with Gasteiger partial charge in [-0.05, 0) is 60.3 Å². The monoisotopic (exact) mass is 545 g/mol. The largest absolute Gasteiger partial charge is 0.393 e. The number of aromatic nitrogens is 2. The smallest absolute Gasteiger partial charge is 0.355 e. The molecule has 0 atom stereocenters. The molecule has 2 fully saturated rings. The molecule has 3 aliphatic rings. The number of fused-ring (bicyclic) bond motifs is 2. The fraction of sp³-hybridized carbons (Fsp3) is 0.481. The molecule has 0 aliphatic carbocycles. The second kappa shape index (κ2) is 9.17. The predicted octanol–water partition coefficient (Wildman–Crippen LogP) is 4.11. The molecular weight excluding hydrogens is 515 g/mol. The first-order valence-electron chi connectivity index (χ1n) is 12.8. The van der Waals surface area contributed by atoms with Gasteiger partial charge in [0.05, 0.1) is 18.2 Å². The van der Waals surface area contributed by atoms with E-state index in [1.54, 1.807) is 12.1 Å². The second-order valence-corrected chi connectivity index (χ2v) is 13.1. The van der Waals surface area contributed by atoms with Gasteiger partial charge in [-0.3, -0.25) is 4.90 Å². The average molecular weight is 546 g/mol. The number of rotatable bonds is 5. The number of sulfonamides is 1. The second-order valence-electron chi connectivity index (χ2n) is 11.1. The Labute approximate surface area is 220 Å². The van der Waals surface area contributed by atoms with Crippen LogP contribution in [0, 0.1) is 5.41 Å². The first-order valence-corrected chi connectivity index (χ1v) is 14.6. The van der Waals surface area contributed by atoms with Gasteiger partial charge in [-0.25, -0.2) is 18.4 Å². The minimum absolute atomic E-state index is 0.200. The highest BCUT2D eigenvalue weighted by Crippen LogP contribution is 2.44. The number of piperidine rings is 1. The SMILES string of the molecule is CS(=O)(=O)N1Cc2ccc(CN3CCC4(CC3)CN(c3ncnc5ccc(CC(F)(F)F)cc35)C4)cc2C1. The summed E-state index contributed by atoms with van der Waals surface area (Å²) in [5.41, 5.74) is 4.45. The van der Waals surface area contributed by atoms with Gasteiger partial charge in [0.2, 0.25) is 10.0 Å². The van der Waals surface area contributed by atoms with Crippen LogP contribution in [0.3, 0.4) is 0 Å². The van der Waals surface area contributed by atoms with Gasteiger partial charge in [0.15, 0.2) is 0 Å². The lowest BCUT2D eigenvalue weighted by molar-refractivity contribution is -0.127. The lowest BCUT2D eigenvalue weighted by Gasteiger charge is -2.54. The summed E-state index contributed by atoms with van der Waals surface area (Å²) in [6.07, 6.45) is -0.368. The molecule has 2 aromatic carbocycles. The molecule has 0 amide bonds. The summed E-state index contributed by atoms with van der Waals surface area (Å²) in [5.74, 6) is 0.716. The van der Waals surface area contributed by atoms with Crippen LogP contribution in [0.5, 0.6) is 0 Å². The standard InChI is InChI=1S/C27H30F3N5O2S/c1-38(36,37)35-14-21-4-2-20(10-22(21)15-35)13-33-8-6-26(7-9-33)16-34(17-26)25-23-11-19(12-27(28,29)30)3-5-24(23)31-18-32-25/h2-5,10-11,18H,6-9,12-17H2,1H3. The number of likely N-dealkylation sites (tertiary alicyclic amines) is 1. The molecule has 0 bridgehead atoms. The van der Waals surface area contributed by atoms with E-state index in [2.05, 4.69) is 38.0 Å². The van der Waals surface area contributed by atoms with Crippen molar-refractivity contribution < 1.29 is 21.6 Å². The van der Waals surface area contributed by atoms with E-state index < -0.39 is 22.6 Å². The molecular formula is C27H30F3N5O2S. The molecule has 1 aromatic heterocycles. The Balaban J connectivity index is 1.07. The maximum absolute atomic E-state index is 12.9. The van der Waals surface area contributed by atoms with Gasteiger partial charge in [-0.15, -0.1) is 0 Å². The van der Waals surface area contributed by atoms with Crippen LogP contribution >= 0.6 is 0 Å². The van der Waals surface area contributed by atoms with E-state index in [0.29, 0.717) is 29.8 Å². The number of benzene rings is 2. The number of hydrogen-bond acceptors (Lipinski definition) is 6. The normalized spacial score (nSPS) is 20.2. The van der Waals surface area contributed by atoms with E-state index in [9.17, 15) is 21.6 Å². The molecule has 3 aromatic rings. The Morgan fingerprint density at radius 2 is 1.66 bits per heavy atom. The summed E-state index contributed by atoms with van der Waals surface area (Å²) in [6, 6.07) is 11.0. The third-order valence-corrected chi connectivity index (χ3v) is 9.39. The molecule has 6 rings (SSSR count). The van der Waals surface area contributed by atoms with E-state index in [1.807, 2.05) is 0 Å². The van der Waals surface area contributed by atoms with Crippen molar-refractivity contribution in [2.24, 2.45) is 5.41 Å². The third-order valence-electron chi connectivity index (χ3n) is 8.19. The molecule has 0 radical (unpaired) electrons. The van der Waals surface area contributed by atoms with Gasteiger partial charge in [0, 0.05) is 43.5 Å². The number of alkyl halides is 3. The lowest BCUT2D eigenvalue weighted by Crippen LogP contribution is -2.60. The van der Waals surface area contributed by atoms with E-state index >= 15 is 0 Å². The zero-order valence-corrected chi connectivity index (χ0v) is 22.0. The molecule has 1 spiro atoms. The molecule has 3 aliphatic heterocycles. The van der Waals surface area contributed by atoms with Crippen molar-refractivity contribution in [1.82, 2.24) is 19.2 Å². The van der Waals surface area contributed by atoms with Crippen LogP contribution in [-0.2, 0) is 36.1 Å². The van der Waals surface area contributed by atoms with Crippen LogP contribution in [0.1, 0.15) is 35.1 Å². The van der Waals surface area contributed by atoms with Crippen molar-refractivity contribution in [3.8, 4) is 0 Å². The molecule has 0 unspecified atom stereocenters. The third kappa shape index (κ3) is 5.11. The Morgan fingerprint density at radius 3 is 2.37 bits per heavy atom. The summed E-state index contributed by atoms with van der Waals surface area (Å²) < 4.78 is 64.1. The highest BCUT2D eigenvalue weighted by Gasteiger charge is 2.45. The number of nitrogens with zero attached hydrogens (tertiary/aromatic N) is 5. The Bertz CT molecular complexity index is 1480. The van der Waals surface area contributed by atoms with Gasteiger partial charge in [-0.2, -0.15) is 17.5 Å². The highest BCUT2D eigenvalue weighted by atomic mass is 32.2. The van der Waals surface area contributed by atoms with Gasteiger partial charge >= 0.3 is 6.18 Å². The summed E-state index contributed by atoms with van der Waals surface area (Å²) in [4.78, 5) is 13.3. The topological polar surface area (TPSA) is 69.6 Å². The minimum Gasteiger partial charge on any atom is -0.355 e. The number of halogens is 3. The Morgan fingerprint density at radius 1 is 0.947 bits per heavy atom. The quantitative estimate of drug-likeness (QED) is 0.481. The van der Waals surface area contributed by atoms with Crippen LogP contribution in [0.2, 0.25) is 0 Å². The average Bonchev–Trinajstić information content (AvgIpc) is 3.26. The Kier molecular flexibility index (Phi) is 6.16. The lowest BCUT2D eigenvalue weighted by atomic mass is 9.72. The molecule has 4 heterocycles. The highest BCUT2D eigenvalue weighted by molar-refractivity contribution is 7.88. The molecule has 7 nitrogen and oxygen atoms in total. The van der Waals surface area contributed by atoms with Gasteiger partial charge in [0.25, 0.3) is 0 Å². The fourth-order valence-corrected chi connectivity index (χ4v) is 6.85. The van der Waals surface area contributed by atoms with Gasteiger partial charge in [0.1, 0.15) is 12.1 Å². The fourth-order valence-electron chi connectivity index (χ4n) is 6.11. The first kappa shape index (κ1) is 25.5. The molecule has 11 heteroatoms. The predicted molar refractivity (Wildman–Crippen MR) is 139 cm³/mol. The van der Waals surface area contributed by atoms with Crippen molar-refractivity contribution in [2.75, 3.05) is 37.3 Å². The summed E-state index contributed by atoms with van der Waals surface area (Å²) >= 11 is 0. The zero-order chi connectivity index (χ0) is 26.7. The summed E-state index contributed by atoms with van der Waals surface area (Å²) in [6.45, 7) is 5.36. The maximum atomic E-state index is 12.9. The number of hydrogen-bond donors (Lipinski definition) is 0. The van der Waals surface area contributed by atoms with Crippen molar-refractivity contribution in [3.63, 3.8) is 0 Å². The van der Waals surface area contributed by atoms with Crippen LogP contribution in [-0.4, -0.2) is 66.2 Å². The zero-order valence-electron chi connectivity index (χ0n) is 21.2. The van der Waals surface area contributed by atoms with E-state index in [4.69, 9.17) is 0 Å². The molecule has 0 N–H and O–H groups in total. The molecule has 2 saturated heterocycles. The van der Waals surface area contributed by atoms with E-state index in [0.717, 1.165) is 56.7 Å². The van der Waals surface area contributed by atoms with E-state index in [1.165, 1.54) is 28.5 Å². The first-order chi connectivity index (χ1) is 18.0. The van der Waals surface area contributed by atoms with Crippen molar-refractivity contribution >= 4 is 26.7 Å². The van der Waals surface area contributed by atoms with Crippen LogP contribution < -0.4 is 4.90 Å². The van der Waals surface area contributed by atoms with Crippen molar-refractivity contribution in [2.45, 2.75) is 45.1 Å². The summed E-state index contributed by atoms with van der Waals surface area (Å²) in [5, 5.41) is 0.674. The van der Waals surface area contributed by atoms with Gasteiger partial charge in [-0.1, -0.05) is 24.3 Å². The molecule has 202 valence electrons. The Hall–Kier alpha value is -2.76. The van der Waals surface area contributed by atoms with Crippen molar-refractivity contribution in [1.29, 1.82) is 0 Å². The van der Waals surface area contributed by atoms with Crippen molar-refractivity contribution in [3.05, 3.63) is 65.0 Å². The van der Waals surface area contributed by atoms with Crippen LogP contribution in [0.4, 0.5) is 19.0 Å². The van der Waals surface area contributed by atoms with Crippen LogP contribution in [0.15, 0.2) is 42.7 Å². The van der Waals surface area contributed by atoms with Gasteiger partial charge < -0.3 is 4.90 Å². The molecule has 0 saturated carbocycles.